The summed E-state index contributed by atoms with van der Waals surface area (Å²) in [5, 5.41) is 3.31. The molecule has 2 heterocycles. The average Bonchev–Trinajstić information content (AvgIpc) is 2.42. The molecule has 106 valence electrons. The minimum absolute atomic E-state index is 0.646. The highest BCUT2D eigenvalue weighted by atomic mass is 15.3. The molecule has 0 aliphatic carbocycles. The summed E-state index contributed by atoms with van der Waals surface area (Å²) in [5.74, 6) is 0.984. The first-order valence-corrected chi connectivity index (χ1v) is 7.30. The van der Waals surface area contributed by atoms with Crippen LogP contribution in [0.1, 0.15) is 25.8 Å². The van der Waals surface area contributed by atoms with Gasteiger partial charge in [-0.25, -0.2) is 4.98 Å². The van der Waals surface area contributed by atoms with Gasteiger partial charge in [0.1, 0.15) is 5.82 Å². The Bertz CT molecular complexity index is 376. The van der Waals surface area contributed by atoms with E-state index < -0.39 is 0 Å². The van der Waals surface area contributed by atoms with Crippen LogP contribution >= 0.6 is 0 Å². The summed E-state index contributed by atoms with van der Waals surface area (Å²) in [6, 6.07) is 4.92. The molecule has 1 fully saturated rings. The van der Waals surface area contributed by atoms with Crippen molar-refractivity contribution in [3.8, 4) is 0 Å². The van der Waals surface area contributed by atoms with E-state index in [1.165, 1.54) is 5.56 Å². The number of anilines is 1. The second-order valence-corrected chi connectivity index (χ2v) is 5.54. The van der Waals surface area contributed by atoms with E-state index in [1.807, 2.05) is 6.20 Å². The molecular weight excluding hydrogens is 236 g/mol. The van der Waals surface area contributed by atoms with Crippen molar-refractivity contribution in [2.45, 2.75) is 32.9 Å². The van der Waals surface area contributed by atoms with E-state index in [1.54, 1.807) is 0 Å². The van der Waals surface area contributed by atoms with Gasteiger partial charge < -0.3 is 10.2 Å². The molecule has 1 N–H and O–H groups in total. The Kier molecular flexibility index (Phi) is 5.16. The Balaban J connectivity index is 1.85. The molecule has 0 spiro atoms. The number of piperazine rings is 1. The summed E-state index contributed by atoms with van der Waals surface area (Å²) in [6.07, 6.45) is 3.13. The van der Waals surface area contributed by atoms with Crippen LogP contribution in [0.4, 0.5) is 5.82 Å². The van der Waals surface area contributed by atoms with E-state index >= 15 is 0 Å². The number of hydrogen-bond donors (Lipinski definition) is 1. The second-order valence-electron chi connectivity index (χ2n) is 5.54. The topological polar surface area (TPSA) is 31.4 Å². The van der Waals surface area contributed by atoms with Gasteiger partial charge in [0.2, 0.25) is 0 Å². The zero-order valence-corrected chi connectivity index (χ0v) is 12.4. The third kappa shape index (κ3) is 4.18. The first-order valence-electron chi connectivity index (χ1n) is 7.30. The summed E-state index contributed by atoms with van der Waals surface area (Å²) < 4.78 is 0. The van der Waals surface area contributed by atoms with Gasteiger partial charge in [-0.3, -0.25) is 4.90 Å². The zero-order valence-electron chi connectivity index (χ0n) is 12.4. The van der Waals surface area contributed by atoms with Gasteiger partial charge in [0.25, 0.3) is 0 Å². The van der Waals surface area contributed by atoms with Crippen LogP contribution in [0.2, 0.25) is 0 Å². The molecule has 4 heteroatoms. The summed E-state index contributed by atoms with van der Waals surface area (Å²) in [7, 11) is 2.21. The lowest BCUT2D eigenvalue weighted by Gasteiger charge is -2.37. The minimum atomic E-state index is 0.646. The fraction of sp³-hybridized carbons (Fsp3) is 0.667. The smallest absolute Gasteiger partial charge is 0.125 e. The van der Waals surface area contributed by atoms with Crippen molar-refractivity contribution in [3.05, 3.63) is 23.9 Å². The standard InChI is InChI=1S/C15H26N4/c1-4-7-16-15-6-5-14(10-17-15)12-19-9-8-18(3)13(2)11-19/h5-6,10,13H,4,7-9,11-12H2,1-3H3,(H,16,17). The highest BCUT2D eigenvalue weighted by Crippen LogP contribution is 2.12. The molecule has 1 atom stereocenters. The maximum atomic E-state index is 4.47. The molecule has 4 nitrogen and oxygen atoms in total. The number of aromatic nitrogens is 1. The third-order valence-corrected chi connectivity index (χ3v) is 3.83. The maximum Gasteiger partial charge on any atom is 0.125 e. The highest BCUT2D eigenvalue weighted by Gasteiger charge is 2.20. The lowest BCUT2D eigenvalue weighted by Crippen LogP contribution is -2.49. The van der Waals surface area contributed by atoms with Crippen molar-refractivity contribution < 1.29 is 0 Å². The second kappa shape index (κ2) is 6.87. The van der Waals surface area contributed by atoms with Crippen molar-refractivity contribution in [2.75, 3.05) is 38.5 Å². The van der Waals surface area contributed by atoms with E-state index in [4.69, 9.17) is 0 Å². The first-order chi connectivity index (χ1) is 9.19. The monoisotopic (exact) mass is 262 g/mol. The Morgan fingerprint density at radius 3 is 2.84 bits per heavy atom. The zero-order chi connectivity index (χ0) is 13.7. The quantitative estimate of drug-likeness (QED) is 0.880. The van der Waals surface area contributed by atoms with E-state index in [2.05, 4.69) is 53.1 Å². The van der Waals surface area contributed by atoms with Gasteiger partial charge in [0, 0.05) is 45.0 Å². The van der Waals surface area contributed by atoms with Gasteiger partial charge >= 0.3 is 0 Å². The van der Waals surface area contributed by atoms with Crippen molar-refractivity contribution in [3.63, 3.8) is 0 Å². The van der Waals surface area contributed by atoms with Crippen molar-refractivity contribution in [1.29, 1.82) is 0 Å². The van der Waals surface area contributed by atoms with Crippen LogP contribution in [0.15, 0.2) is 18.3 Å². The van der Waals surface area contributed by atoms with Gasteiger partial charge in [0.05, 0.1) is 0 Å². The summed E-state index contributed by atoms with van der Waals surface area (Å²) in [5.41, 5.74) is 1.30. The number of nitrogens with one attached hydrogen (secondary N) is 1. The van der Waals surface area contributed by atoms with Crippen molar-refractivity contribution >= 4 is 5.82 Å². The van der Waals surface area contributed by atoms with Gasteiger partial charge in [0.15, 0.2) is 0 Å². The van der Waals surface area contributed by atoms with Crippen molar-refractivity contribution in [1.82, 2.24) is 14.8 Å². The van der Waals surface area contributed by atoms with E-state index in [0.29, 0.717) is 6.04 Å². The summed E-state index contributed by atoms with van der Waals surface area (Å²) in [4.78, 5) is 9.41. The molecule has 2 rings (SSSR count). The predicted molar refractivity (Wildman–Crippen MR) is 80.4 cm³/mol. The Morgan fingerprint density at radius 2 is 2.21 bits per heavy atom. The van der Waals surface area contributed by atoms with Crippen LogP contribution in [0.5, 0.6) is 0 Å². The molecule has 1 aromatic heterocycles. The largest absolute Gasteiger partial charge is 0.370 e. The minimum Gasteiger partial charge on any atom is -0.370 e. The lowest BCUT2D eigenvalue weighted by atomic mass is 10.2. The summed E-state index contributed by atoms with van der Waals surface area (Å²) in [6.45, 7) is 9.91. The number of nitrogens with zero attached hydrogens (tertiary/aromatic N) is 3. The molecule has 1 aliphatic rings. The average molecular weight is 262 g/mol. The lowest BCUT2D eigenvalue weighted by molar-refractivity contribution is 0.0999. The van der Waals surface area contributed by atoms with E-state index in [0.717, 1.165) is 45.0 Å². The SMILES string of the molecule is CCCNc1ccc(CN2CCN(C)C(C)C2)cn1. The molecular formula is C15H26N4. The van der Waals surface area contributed by atoms with Crippen LogP contribution in [0.3, 0.4) is 0 Å². The number of hydrogen-bond acceptors (Lipinski definition) is 4. The number of pyridine rings is 1. The number of likely N-dealkylation sites (N-methyl/N-ethyl adjacent to an activating group) is 1. The molecule has 1 aliphatic heterocycles. The van der Waals surface area contributed by atoms with Crippen LogP contribution < -0.4 is 5.32 Å². The Hall–Kier alpha value is -1.13. The van der Waals surface area contributed by atoms with E-state index in [9.17, 15) is 0 Å². The van der Waals surface area contributed by atoms with Crippen LogP contribution in [-0.4, -0.2) is 54.1 Å². The van der Waals surface area contributed by atoms with Gasteiger partial charge in [-0.05, 0) is 32.0 Å². The molecule has 0 amide bonds. The van der Waals surface area contributed by atoms with Crippen LogP contribution in [-0.2, 0) is 6.54 Å². The highest BCUT2D eigenvalue weighted by molar-refractivity contribution is 5.35. The Morgan fingerprint density at radius 1 is 1.37 bits per heavy atom. The van der Waals surface area contributed by atoms with Crippen LogP contribution in [0.25, 0.3) is 0 Å². The van der Waals surface area contributed by atoms with Gasteiger partial charge in [-0.15, -0.1) is 0 Å². The first kappa shape index (κ1) is 14.3. The molecule has 0 radical (unpaired) electrons. The number of rotatable bonds is 5. The molecule has 1 unspecified atom stereocenters. The third-order valence-electron chi connectivity index (χ3n) is 3.83. The molecule has 0 aromatic carbocycles. The maximum absolute atomic E-state index is 4.47. The molecule has 1 aromatic rings. The van der Waals surface area contributed by atoms with Crippen LogP contribution in [0, 0.1) is 0 Å². The molecule has 19 heavy (non-hydrogen) atoms. The van der Waals surface area contributed by atoms with Gasteiger partial charge in [-0.2, -0.15) is 0 Å². The molecule has 0 bridgehead atoms. The fourth-order valence-corrected chi connectivity index (χ4v) is 2.40. The van der Waals surface area contributed by atoms with Gasteiger partial charge in [-0.1, -0.05) is 13.0 Å². The Labute approximate surface area is 116 Å². The molecule has 1 saturated heterocycles. The predicted octanol–water partition coefficient (Wildman–Crippen LogP) is 2.04. The normalized spacial score (nSPS) is 21.5. The summed E-state index contributed by atoms with van der Waals surface area (Å²) >= 11 is 0. The van der Waals surface area contributed by atoms with Crippen molar-refractivity contribution in [2.24, 2.45) is 0 Å². The fourth-order valence-electron chi connectivity index (χ4n) is 2.40. The van der Waals surface area contributed by atoms with E-state index in [-0.39, 0.29) is 0 Å². The molecule has 0 saturated carbocycles.